The minimum Gasteiger partial charge on any atom is -0.493 e. The van der Waals surface area contributed by atoms with E-state index in [0.717, 1.165) is 6.26 Å². The van der Waals surface area contributed by atoms with E-state index >= 15 is 0 Å². The van der Waals surface area contributed by atoms with Crippen molar-refractivity contribution >= 4 is 38.9 Å². The third kappa shape index (κ3) is 5.01. The first-order valence-electron chi connectivity index (χ1n) is 7.04. The Balaban J connectivity index is 2.27. The summed E-state index contributed by atoms with van der Waals surface area (Å²) in [5.41, 5.74) is 0.842. The number of carbonyl (C=O) groups excluding carboxylic acids is 1. The molecule has 0 fully saturated rings. The summed E-state index contributed by atoms with van der Waals surface area (Å²) in [6.45, 7) is 0. The number of rotatable bonds is 6. The Labute approximate surface area is 151 Å². The molecule has 1 amide bonds. The zero-order chi connectivity index (χ0) is 18.6. The predicted octanol–water partition coefficient (Wildman–Crippen LogP) is 2.98. The topological polar surface area (TPSA) is 93.7 Å². The van der Waals surface area contributed by atoms with Crippen LogP contribution in [0.2, 0.25) is 5.02 Å². The molecule has 25 heavy (non-hydrogen) atoms. The molecule has 0 saturated carbocycles. The number of benzene rings is 2. The Bertz CT molecular complexity index is 899. The van der Waals surface area contributed by atoms with Gasteiger partial charge in [0.15, 0.2) is 11.5 Å². The molecule has 0 aliphatic heterocycles. The maximum atomic E-state index is 12.5. The van der Waals surface area contributed by atoms with Crippen LogP contribution in [0.3, 0.4) is 0 Å². The number of hydrogen-bond donors (Lipinski definition) is 2. The fraction of sp³-hybridized carbons (Fsp3) is 0.188. The Kier molecular flexibility index (Phi) is 5.76. The highest BCUT2D eigenvalue weighted by molar-refractivity contribution is 7.92. The molecule has 7 nitrogen and oxygen atoms in total. The summed E-state index contributed by atoms with van der Waals surface area (Å²) in [6, 6.07) is 9.17. The van der Waals surface area contributed by atoms with Crippen LogP contribution >= 0.6 is 11.6 Å². The normalized spacial score (nSPS) is 10.9. The van der Waals surface area contributed by atoms with Gasteiger partial charge >= 0.3 is 0 Å². The lowest BCUT2D eigenvalue weighted by molar-refractivity contribution is 0.102. The first kappa shape index (κ1) is 18.9. The van der Waals surface area contributed by atoms with Gasteiger partial charge in [-0.3, -0.25) is 9.52 Å². The van der Waals surface area contributed by atoms with Gasteiger partial charge in [0.2, 0.25) is 10.0 Å². The lowest BCUT2D eigenvalue weighted by Gasteiger charge is -2.12. The molecular formula is C16H17ClN2O5S. The first-order valence-corrected chi connectivity index (χ1v) is 9.31. The highest BCUT2D eigenvalue weighted by atomic mass is 35.5. The molecule has 0 unspecified atom stereocenters. The number of carbonyl (C=O) groups is 1. The number of methoxy groups -OCH3 is 2. The maximum absolute atomic E-state index is 12.5. The van der Waals surface area contributed by atoms with E-state index in [1.165, 1.54) is 32.4 Å². The summed E-state index contributed by atoms with van der Waals surface area (Å²) >= 11 is 6.05. The minimum absolute atomic E-state index is 0.130. The van der Waals surface area contributed by atoms with E-state index < -0.39 is 15.9 Å². The molecule has 0 atom stereocenters. The molecule has 0 radical (unpaired) electrons. The lowest BCUT2D eigenvalue weighted by atomic mass is 10.2. The molecule has 0 aromatic heterocycles. The van der Waals surface area contributed by atoms with Crippen LogP contribution in [0.5, 0.6) is 11.5 Å². The average molecular weight is 385 g/mol. The van der Waals surface area contributed by atoms with Gasteiger partial charge in [0, 0.05) is 17.4 Å². The smallest absolute Gasteiger partial charge is 0.257 e. The van der Waals surface area contributed by atoms with Crippen molar-refractivity contribution in [1.82, 2.24) is 0 Å². The predicted molar refractivity (Wildman–Crippen MR) is 97.4 cm³/mol. The van der Waals surface area contributed by atoms with Gasteiger partial charge in [-0.05, 0) is 30.3 Å². The molecule has 2 rings (SSSR count). The zero-order valence-corrected chi connectivity index (χ0v) is 15.4. The molecule has 0 aliphatic carbocycles. The van der Waals surface area contributed by atoms with Gasteiger partial charge in [-0.15, -0.1) is 0 Å². The molecule has 134 valence electrons. The SMILES string of the molecule is COc1ccc(NC(=O)c2cc(NS(C)(=O)=O)ccc2Cl)cc1OC. The molecule has 2 N–H and O–H groups in total. The molecular weight excluding hydrogens is 368 g/mol. The summed E-state index contributed by atoms with van der Waals surface area (Å²) < 4.78 is 35.3. The molecule has 0 saturated heterocycles. The summed E-state index contributed by atoms with van der Waals surface area (Å²) in [5, 5.41) is 2.87. The average Bonchev–Trinajstić information content (AvgIpc) is 2.55. The van der Waals surface area contributed by atoms with Gasteiger partial charge in [-0.2, -0.15) is 0 Å². The van der Waals surface area contributed by atoms with Gasteiger partial charge in [-0.25, -0.2) is 8.42 Å². The van der Waals surface area contributed by atoms with Gasteiger partial charge in [-0.1, -0.05) is 11.6 Å². The fourth-order valence-electron chi connectivity index (χ4n) is 2.09. The highest BCUT2D eigenvalue weighted by Gasteiger charge is 2.14. The van der Waals surface area contributed by atoms with E-state index in [4.69, 9.17) is 21.1 Å². The van der Waals surface area contributed by atoms with Crippen LogP contribution in [0.15, 0.2) is 36.4 Å². The second-order valence-electron chi connectivity index (χ2n) is 5.09. The molecule has 2 aromatic carbocycles. The molecule has 9 heteroatoms. The van der Waals surface area contributed by atoms with E-state index in [1.54, 1.807) is 18.2 Å². The van der Waals surface area contributed by atoms with Gasteiger partial charge in [0.25, 0.3) is 5.91 Å². The van der Waals surface area contributed by atoms with Crippen LogP contribution in [-0.4, -0.2) is 34.8 Å². The fourth-order valence-corrected chi connectivity index (χ4v) is 2.85. The van der Waals surface area contributed by atoms with Crippen molar-refractivity contribution in [1.29, 1.82) is 0 Å². The van der Waals surface area contributed by atoms with E-state index in [2.05, 4.69) is 10.0 Å². The highest BCUT2D eigenvalue weighted by Crippen LogP contribution is 2.30. The van der Waals surface area contributed by atoms with Gasteiger partial charge in [0.1, 0.15) is 0 Å². The molecule has 0 spiro atoms. The van der Waals surface area contributed by atoms with Crippen molar-refractivity contribution in [2.24, 2.45) is 0 Å². The number of sulfonamides is 1. The van der Waals surface area contributed by atoms with Crippen LogP contribution in [0.4, 0.5) is 11.4 Å². The quantitative estimate of drug-likeness (QED) is 0.798. The summed E-state index contributed by atoms with van der Waals surface area (Å²) in [7, 11) is -0.466. The second-order valence-corrected chi connectivity index (χ2v) is 7.25. The van der Waals surface area contributed by atoms with E-state index in [9.17, 15) is 13.2 Å². The molecule has 0 bridgehead atoms. The monoisotopic (exact) mass is 384 g/mol. The van der Waals surface area contributed by atoms with E-state index in [0.29, 0.717) is 17.2 Å². The zero-order valence-electron chi connectivity index (χ0n) is 13.8. The second kappa shape index (κ2) is 7.62. The van der Waals surface area contributed by atoms with Crippen molar-refractivity contribution in [3.05, 3.63) is 47.0 Å². The maximum Gasteiger partial charge on any atom is 0.257 e. The number of ether oxygens (including phenoxy) is 2. The van der Waals surface area contributed by atoms with Crippen molar-refractivity contribution in [2.45, 2.75) is 0 Å². The van der Waals surface area contributed by atoms with Gasteiger partial charge in [0.05, 0.1) is 31.1 Å². The van der Waals surface area contributed by atoms with Crippen LogP contribution < -0.4 is 19.5 Å². The van der Waals surface area contributed by atoms with Gasteiger partial charge < -0.3 is 14.8 Å². The van der Waals surface area contributed by atoms with E-state index in [1.807, 2.05) is 0 Å². The van der Waals surface area contributed by atoms with Crippen molar-refractivity contribution in [3.63, 3.8) is 0 Å². The Morgan fingerprint density at radius 3 is 2.24 bits per heavy atom. The number of nitrogens with one attached hydrogen (secondary N) is 2. The van der Waals surface area contributed by atoms with Crippen LogP contribution in [0, 0.1) is 0 Å². The third-order valence-corrected chi connectivity index (χ3v) is 4.09. The molecule has 2 aromatic rings. The number of amides is 1. The standard InChI is InChI=1S/C16H17ClN2O5S/c1-23-14-7-5-10(9-15(14)24-2)18-16(20)12-8-11(4-6-13(12)17)19-25(3,21)22/h4-9,19H,1-3H3,(H,18,20). The lowest BCUT2D eigenvalue weighted by Crippen LogP contribution is -2.14. The van der Waals surface area contributed by atoms with E-state index in [-0.39, 0.29) is 16.3 Å². The number of halogens is 1. The summed E-state index contributed by atoms with van der Waals surface area (Å²) in [6.07, 6.45) is 1.02. The summed E-state index contributed by atoms with van der Waals surface area (Å²) in [5.74, 6) is 0.492. The minimum atomic E-state index is -3.46. The summed E-state index contributed by atoms with van der Waals surface area (Å²) in [4.78, 5) is 12.5. The molecule has 0 aliphatic rings. The van der Waals surface area contributed by atoms with Crippen LogP contribution in [0.1, 0.15) is 10.4 Å². The Morgan fingerprint density at radius 2 is 1.64 bits per heavy atom. The number of hydrogen-bond acceptors (Lipinski definition) is 5. The van der Waals surface area contributed by atoms with Crippen molar-refractivity contribution < 1.29 is 22.7 Å². The van der Waals surface area contributed by atoms with Crippen molar-refractivity contribution in [3.8, 4) is 11.5 Å². The molecule has 0 heterocycles. The Hall–Kier alpha value is -2.45. The largest absolute Gasteiger partial charge is 0.493 e. The number of anilines is 2. The Morgan fingerprint density at radius 1 is 1.00 bits per heavy atom. The first-order chi connectivity index (χ1) is 11.7. The third-order valence-electron chi connectivity index (χ3n) is 3.16. The van der Waals surface area contributed by atoms with Crippen molar-refractivity contribution in [2.75, 3.05) is 30.5 Å². The van der Waals surface area contributed by atoms with Crippen LogP contribution in [-0.2, 0) is 10.0 Å². The van der Waals surface area contributed by atoms with Crippen LogP contribution in [0.25, 0.3) is 0 Å².